The number of nitrogens with zero attached hydrogens (tertiary/aromatic N) is 1. The largest absolute Gasteiger partial charge is 0.465 e. The second-order valence-electron chi connectivity index (χ2n) is 4.36. The quantitative estimate of drug-likeness (QED) is 0.718. The molecule has 1 heterocycles. The average molecular weight is 239 g/mol. The fourth-order valence-electron chi connectivity index (χ4n) is 2.44. The summed E-state index contributed by atoms with van der Waals surface area (Å²) in [5.41, 5.74) is 5.30. The minimum absolute atomic E-state index is 0.283. The van der Waals surface area contributed by atoms with Gasteiger partial charge in [-0.15, -0.1) is 0 Å². The van der Waals surface area contributed by atoms with Crippen molar-refractivity contribution < 1.29 is 9.53 Å². The maximum Gasteiger partial charge on any atom is 0.337 e. The molecule has 0 saturated carbocycles. The van der Waals surface area contributed by atoms with Crippen LogP contribution < -0.4 is 0 Å². The topological polar surface area (TPSA) is 39.2 Å². The van der Waals surface area contributed by atoms with Gasteiger partial charge in [-0.2, -0.15) is 0 Å². The molecule has 0 amide bonds. The molecule has 1 aliphatic rings. The van der Waals surface area contributed by atoms with Crippen molar-refractivity contribution in [2.24, 2.45) is 0 Å². The summed E-state index contributed by atoms with van der Waals surface area (Å²) >= 11 is 0. The minimum Gasteiger partial charge on any atom is -0.465 e. The summed E-state index contributed by atoms with van der Waals surface area (Å²) in [4.78, 5) is 15.9. The predicted molar refractivity (Wildman–Crippen MR) is 68.4 cm³/mol. The van der Waals surface area contributed by atoms with Crippen molar-refractivity contribution in [1.82, 2.24) is 4.98 Å². The number of carbonyl (C=O) groups excluding carboxylic acids is 1. The molecule has 1 aliphatic carbocycles. The zero-order chi connectivity index (χ0) is 12.5. The van der Waals surface area contributed by atoms with Crippen LogP contribution in [-0.4, -0.2) is 18.1 Å². The summed E-state index contributed by atoms with van der Waals surface area (Å²) in [7, 11) is 1.40. The summed E-state index contributed by atoms with van der Waals surface area (Å²) in [6, 6.07) is 9.76. The van der Waals surface area contributed by atoms with Crippen LogP contribution in [0.2, 0.25) is 0 Å². The zero-order valence-electron chi connectivity index (χ0n) is 10.1. The van der Waals surface area contributed by atoms with Gasteiger partial charge in [-0.3, -0.25) is 4.98 Å². The summed E-state index contributed by atoms with van der Waals surface area (Å²) in [6.07, 6.45) is 3.67. The molecule has 2 aromatic rings. The molecule has 0 aliphatic heterocycles. The molecule has 1 aromatic carbocycles. The van der Waals surface area contributed by atoms with Gasteiger partial charge in [0.1, 0.15) is 0 Å². The molecule has 90 valence electrons. The fourth-order valence-corrected chi connectivity index (χ4v) is 2.44. The third-order valence-electron chi connectivity index (χ3n) is 3.34. The Morgan fingerprint density at radius 1 is 1.22 bits per heavy atom. The van der Waals surface area contributed by atoms with Gasteiger partial charge in [-0.05, 0) is 42.2 Å². The van der Waals surface area contributed by atoms with Crippen LogP contribution in [0.5, 0.6) is 0 Å². The molecule has 0 saturated heterocycles. The number of hydrogen-bond acceptors (Lipinski definition) is 3. The van der Waals surface area contributed by atoms with Crippen LogP contribution in [0.3, 0.4) is 0 Å². The smallest absolute Gasteiger partial charge is 0.337 e. The molecule has 3 heteroatoms. The van der Waals surface area contributed by atoms with Crippen molar-refractivity contribution in [3.63, 3.8) is 0 Å². The van der Waals surface area contributed by atoms with E-state index in [0.29, 0.717) is 5.56 Å². The molecule has 0 spiro atoms. The third-order valence-corrected chi connectivity index (χ3v) is 3.34. The molecule has 0 bridgehead atoms. The van der Waals surface area contributed by atoms with Crippen molar-refractivity contribution in [3.8, 4) is 11.1 Å². The SMILES string of the molecule is COC(=O)c1ccc2c(c1)CCc1ncccc1-2. The summed E-state index contributed by atoms with van der Waals surface area (Å²) < 4.78 is 4.75. The van der Waals surface area contributed by atoms with Gasteiger partial charge in [0.25, 0.3) is 0 Å². The number of aryl methyl sites for hydroxylation is 2. The van der Waals surface area contributed by atoms with Gasteiger partial charge < -0.3 is 4.74 Å². The fraction of sp³-hybridized carbons (Fsp3) is 0.200. The van der Waals surface area contributed by atoms with Gasteiger partial charge in [-0.1, -0.05) is 12.1 Å². The van der Waals surface area contributed by atoms with Crippen molar-refractivity contribution >= 4 is 5.97 Å². The number of ether oxygens (including phenoxy) is 1. The molecule has 0 unspecified atom stereocenters. The number of rotatable bonds is 1. The van der Waals surface area contributed by atoms with E-state index in [1.165, 1.54) is 23.8 Å². The normalized spacial score (nSPS) is 12.5. The Labute approximate surface area is 105 Å². The first kappa shape index (κ1) is 11.0. The van der Waals surface area contributed by atoms with Crippen LogP contribution in [0.15, 0.2) is 36.5 Å². The maximum atomic E-state index is 11.5. The highest BCUT2D eigenvalue weighted by molar-refractivity contribution is 5.90. The van der Waals surface area contributed by atoms with Gasteiger partial charge in [0.15, 0.2) is 0 Å². The van der Waals surface area contributed by atoms with Gasteiger partial charge in [0.05, 0.1) is 12.7 Å². The van der Waals surface area contributed by atoms with E-state index in [-0.39, 0.29) is 5.97 Å². The average Bonchev–Trinajstić information content (AvgIpc) is 2.45. The molecule has 1 aromatic heterocycles. The van der Waals surface area contributed by atoms with Crippen LogP contribution >= 0.6 is 0 Å². The van der Waals surface area contributed by atoms with E-state index in [9.17, 15) is 4.79 Å². The predicted octanol–water partition coefficient (Wildman–Crippen LogP) is 2.63. The Balaban J connectivity index is 2.11. The van der Waals surface area contributed by atoms with Crippen molar-refractivity contribution in [1.29, 1.82) is 0 Å². The summed E-state index contributed by atoms with van der Waals surface area (Å²) in [5, 5.41) is 0. The number of esters is 1. The number of methoxy groups -OCH3 is 1. The van der Waals surface area contributed by atoms with Gasteiger partial charge in [0.2, 0.25) is 0 Å². The van der Waals surface area contributed by atoms with Gasteiger partial charge in [-0.25, -0.2) is 4.79 Å². The Morgan fingerprint density at radius 3 is 2.94 bits per heavy atom. The number of fused-ring (bicyclic) bond motifs is 3. The molecule has 0 atom stereocenters. The van der Waals surface area contributed by atoms with Crippen molar-refractivity contribution in [3.05, 3.63) is 53.3 Å². The van der Waals surface area contributed by atoms with Gasteiger partial charge in [0, 0.05) is 17.5 Å². The van der Waals surface area contributed by atoms with Crippen LogP contribution in [0.25, 0.3) is 11.1 Å². The maximum absolute atomic E-state index is 11.5. The molecule has 3 nitrogen and oxygen atoms in total. The highest BCUT2D eigenvalue weighted by Gasteiger charge is 2.18. The first-order valence-electron chi connectivity index (χ1n) is 5.95. The Kier molecular flexibility index (Phi) is 2.59. The monoisotopic (exact) mass is 239 g/mol. The van der Waals surface area contributed by atoms with E-state index in [2.05, 4.69) is 11.1 Å². The highest BCUT2D eigenvalue weighted by atomic mass is 16.5. The number of benzene rings is 1. The standard InChI is InChI=1S/C15H13NO2/c1-18-15(17)11-4-6-12-10(9-11)5-7-14-13(12)3-2-8-16-14/h2-4,6,8-9H,5,7H2,1H3. The van der Waals surface area contributed by atoms with E-state index >= 15 is 0 Å². The lowest BCUT2D eigenvalue weighted by atomic mass is 9.87. The van der Waals surface area contributed by atoms with Crippen molar-refractivity contribution in [2.45, 2.75) is 12.8 Å². The lowest BCUT2D eigenvalue weighted by molar-refractivity contribution is 0.0600. The van der Waals surface area contributed by atoms with E-state index < -0.39 is 0 Å². The first-order chi connectivity index (χ1) is 8.79. The Morgan fingerprint density at radius 2 is 2.11 bits per heavy atom. The van der Waals surface area contributed by atoms with E-state index in [0.717, 1.165) is 18.5 Å². The second kappa shape index (κ2) is 4.26. The van der Waals surface area contributed by atoms with E-state index in [1.807, 2.05) is 30.5 Å². The van der Waals surface area contributed by atoms with Gasteiger partial charge >= 0.3 is 5.97 Å². The molecule has 0 N–H and O–H groups in total. The lowest BCUT2D eigenvalue weighted by Crippen LogP contribution is -2.08. The molecular formula is C15H13NO2. The van der Waals surface area contributed by atoms with Crippen LogP contribution in [0.1, 0.15) is 21.6 Å². The number of aromatic nitrogens is 1. The third kappa shape index (κ3) is 1.68. The Bertz CT molecular complexity index is 620. The summed E-state index contributed by atoms with van der Waals surface area (Å²) in [5.74, 6) is -0.283. The van der Waals surface area contributed by atoms with Crippen LogP contribution in [-0.2, 0) is 17.6 Å². The number of carbonyl (C=O) groups is 1. The molecular weight excluding hydrogens is 226 g/mol. The molecule has 18 heavy (non-hydrogen) atoms. The Hall–Kier alpha value is -2.16. The first-order valence-corrected chi connectivity index (χ1v) is 5.95. The van der Waals surface area contributed by atoms with Crippen LogP contribution in [0.4, 0.5) is 0 Å². The zero-order valence-corrected chi connectivity index (χ0v) is 10.1. The number of hydrogen-bond donors (Lipinski definition) is 0. The van der Waals surface area contributed by atoms with E-state index in [1.54, 1.807) is 0 Å². The minimum atomic E-state index is -0.283. The molecule has 0 radical (unpaired) electrons. The van der Waals surface area contributed by atoms with Crippen LogP contribution in [0, 0.1) is 0 Å². The second-order valence-corrected chi connectivity index (χ2v) is 4.36. The van der Waals surface area contributed by atoms with Crippen molar-refractivity contribution in [2.75, 3.05) is 7.11 Å². The number of pyridine rings is 1. The molecule has 0 fully saturated rings. The highest BCUT2D eigenvalue weighted by Crippen LogP contribution is 2.32. The van der Waals surface area contributed by atoms with E-state index in [4.69, 9.17) is 4.74 Å². The lowest BCUT2D eigenvalue weighted by Gasteiger charge is -2.19. The summed E-state index contributed by atoms with van der Waals surface area (Å²) in [6.45, 7) is 0. The molecule has 3 rings (SSSR count).